The van der Waals surface area contributed by atoms with Gasteiger partial charge in [-0.2, -0.15) is 0 Å². The van der Waals surface area contributed by atoms with E-state index < -0.39 is 0 Å². The number of nitrogens with zero attached hydrogens (tertiary/aromatic N) is 1. The SMILES string of the molecule is CC(=O)N1CCCC/C=C\CNC1=O. The van der Waals surface area contributed by atoms with E-state index in [1.165, 1.54) is 11.8 Å². The first-order chi connectivity index (χ1) is 6.72. The molecular weight excluding hydrogens is 180 g/mol. The van der Waals surface area contributed by atoms with Gasteiger partial charge < -0.3 is 5.32 Å². The van der Waals surface area contributed by atoms with Crippen molar-refractivity contribution in [3.05, 3.63) is 12.2 Å². The molecule has 1 heterocycles. The van der Waals surface area contributed by atoms with Crippen LogP contribution in [0.2, 0.25) is 0 Å². The third-order valence-electron chi connectivity index (χ3n) is 2.17. The Bertz CT molecular complexity index is 249. The maximum Gasteiger partial charge on any atom is 0.324 e. The van der Waals surface area contributed by atoms with E-state index in [1.54, 1.807) is 0 Å². The van der Waals surface area contributed by atoms with Crippen molar-refractivity contribution in [1.29, 1.82) is 0 Å². The van der Waals surface area contributed by atoms with Crippen LogP contribution >= 0.6 is 0 Å². The maximum absolute atomic E-state index is 11.4. The molecule has 3 amide bonds. The molecule has 0 spiro atoms. The van der Waals surface area contributed by atoms with Gasteiger partial charge in [0, 0.05) is 20.0 Å². The summed E-state index contributed by atoms with van der Waals surface area (Å²) in [5.41, 5.74) is 0. The average Bonchev–Trinajstić information content (AvgIpc) is 2.15. The molecule has 0 atom stereocenters. The first-order valence-corrected chi connectivity index (χ1v) is 4.93. The minimum Gasteiger partial charge on any atom is -0.334 e. The van der Waals surface area contributed by atoms with Crippen LogP contribution in [0.25, 0.3) is 0 Å². The quantitative estimate of drug-likeness (QED) is 0.593. The summed E-state index contributed by atoms with van der Waals surface area (Å²) >= 11 is 0. The monoisotopic (exact) mass is 196 g/mol. The lowest BCUT2D eigenvalue weighted by molar-refractivity contribution is -0.126. The van der Waals surface area contributed by atoms with E-state index in [0.29, 0.717) is 13.1 Å². The van der Waals surface area contributed by atoms with Gasteiger partial charge in [-0.25, -0.2) is 4.79 Å². The van der Waals surface area contributed by atoms with E-state index in [1.807, 2.05) is 6.08 Å². The fraction of sp³-hybridized carbons (Fsp3) is 0.600. The Hall–Kier alpha value is -1.32. The Morgan fingerprint density at radius 1 is 1.43 bits per heavy atom. The number of nitrogens with one attached hydrogen (secondary N) is 1. The molecule has 0 aromatic carbocycles. The van der Waals surface area contributed by atoms with Crippen molar-refractivity contribution < 1.29 is 9.59 Å². The van der Waals surface area contributed by atoms with Crippen molar-refractivity contribution in [2.45, 2.75) is 26.2 Å². The highest BCUT2D eigenvalue weighted by molar-refractivity contribution is 5.93. The Kier molecular flexibility index (Phi) is 4.16. The van der Waals surface area contributed by atoms with Crippen LogP contribution in [-0.4, -0.2) is 29.9 Å². The molecular formula is C10H16N2O2. The van der Waals surface area contributed by atoms with E-state index in [9.17, 15) is 9.59 Å². The number of amides is 3. The van der Waals surface area contributed by atoms with E-state index >= 15 is 0 Å². The first kappa shape index (κ1) is 10.8. The number of carbonyl (C=O) groups is 2. The van der Waals surface area contributed by atoms with Crippen LogP contribution in [-0.2, 0) is 4.79 Å². The lowest BCUT2D eigenvalue weighted by Gasteiger charge is -2.19. The minimum absolute atomic E-state index is 0.188. The minimum atomic E-state index is -0.288. The summed E-state index contributed by atoms with van der Waals surface area (Å²) in [4.78, 5) is 23.8. The highest BCUT2D eigenvalue weighted by atomic mass is 16.2. The normalized spacial score (nSPS) is 21.2. The van der Waals surface area contributed by atoms with Gasteiger partial charge in [0.25, 0.3) is 0 Å². The second kappa shape index (κ2) is 5.42. The number of carbonyl (C=O) groups excluding carboxylic acids is 2. The van der Waals surface area contributed by atoms with E-state index in [-0.39, 0.29) is 11.9 Å². The van der Waals surface area contributed by atoms with Crippen molar-refractivity contribution in [2.24, 2.45) is 0 Å². The molecule has 0 radical (unpaired) electrons. The van der Waals surface area contributed by atoms with Gasteiger partial charge in [-0.1, -0.05) is 12.2 Å². The van der Waals surface area contributed by atoms with Gasteiger partial charge in [-0.3, -0.25) is 9.69 Å². The number of rotatable bonds is 0. The molecule has 0 unspecified atom stereocenters. The number of allylic oxidation sites excluding steroid dienone is 1. The summed E-state index contributed by atoms with van der Waals surface area (Å²) < 4.78 is 0. The summed E-state index contributed by atoms with van der Waals surface area (Å²) in [5.74, 6) is -0.188. The molecule has 1 rings (SSSR count). The lowest BCUT2D eigenvalue weighted by atomic mass is 10.2. The third kappa shape index (κ3) is 3.20. The standard InChI is InChI=1S/C10H16N2O2/c1-9(13)12-8-6-4-2-3-5-7-11-10(12)14/h3,5H,2,4,6-8H2,1H3,(H,11,14)/b5-3-. The van der Waals surface area contributed by atoms with E-state index in [0.717, 1.165) is 19.3 Å². The summed E-state index contributed by atoms with van der Waals surface area (Å²) in [5, 5.41) is 2.66. The van der Waals surface area contributed by atoms with Crippen molar-refractivity contribution in [3.63, 3.8) is 0 Å². The fourth-order valence-corrected chi connectivity index (χ4v) is 1.38. The van der Waals surface area contributed by atoms with Crippen LogP contribution in [0.3, 0.4) is 0 Å². The van der Waals surface area contributed by atoms with Gasteiger partial charge in [0.1, 0.15) is 0 Å². The Morgan fingerprint density at radius 3 is 2.93 bits per heavy atom. The van der Waals surface area contributed by atoms with Crippen LogP contribution in [0.1, 0.15) is 26.2 Å². The van der Waals surface area contributed by atoms with Gasteiger partial charge in [-0.05, 0) is 19.3 Å². The van der Waals surface area contributed by atoms with Gasteiger partial charge in [0.05, 0.1) is 0 Å². The molecule has 4 nitrogen and oxygen atoms in total. The maximum atomic E-state index is 11.4. The molecule has 0 saturated heterocycles. The van der Waals surface area contributed by atoms with Crippen LogP contribution in [0.4, 0.5) is 4.79 Å². The van der Waals surface area contributed by atoms with Crippen LogP contribution in [0.5, 0.6) is 0 Å². The summed E-state index contributed by atoms with van der Waals surface area (Å²) in [6, 6.07) is -0.288. The highest BCUT2D eigenvalue weighted by Gasteiger charge is 2.16. The van der Waals surface area contributed by atoms with Gasteiger partial charge in [-0.15, -0.1) is 0 Å². The number of hydrogen-bond acceptors (Lipinski definition) is 2. The smallest absolute Gasteiger partial charge is 0.324 e. The fourth-order valence-electron chi connectivity index (χ4n) is 1.38. The zero-order valence-electron chi connectivity index (χ0n) is 8.45. The largest absolute Gasteiger partial charge is 0.334 e. The Balaban J connectivity index is 2.59. The zero-order valence-corrected chi connectivity index (χ0v) is 8.45. The molecule has 0 aliphatic carbocycles. The third-order valence-corrected chi connectivity index (χ3v) is 2.17. The molecule has 0 aromatic rings. The molecule has 0 saturated carbocycles. The molecule has 1 aliphatic heterocycles. The van der Waals surface area contributed by atoms with Crippen LogP contribution in [0.15, 0.2) is 12.2 Å². The second-order valence-corrected chi connectivity index (χ2v) is 3.32. The zero-order chi connectivity index (χ0) is 10.4. The van der Waals surface area contributed by atoms with E-state index in [2.05, 4.69) is 11.4 Å². The van der Waals surface area contributed by atoms with Crippen molar-refractivity contribution in [3.8, 4) is 0 Å². The molecule has 0 bridgehead atoms. The predicted molar refractivity (Wildman–Crippen MR) is 53.8 cm³/mol. The molecule has 78 valence electrons. The molecule has 0 aromatic heterocycles. The van der Waals surface area contributed by atoms with Gasteiger partial charge >= 0.3 is 6.03 Å². The molecule has 4 heteroatoms. The Labute approximate surface area is 84.0 Å². The lowest BCUT2D eigenvalue weighted by Crippen LogP contribution is -2.43. The van der Waals surface area contributed by atoms with Crippen molar-refractivity contribution >= 4 is 11.9 Å². The number of urea groups is 1. The predicted octanol–water partition coefficient (Wildman–Crippen LogP) is 1.28. The summed E-state index contributed by atoms with van der Waals surface area (Å²) in [6.45, 7) is 2.44. The summed E-state index contributed by atoms with van der Waals surface area (Å²) in [6.07, 6.45) is 6.89. The van der Waals surface area contributed by atoms with Crippen LogP contribution < -0.4 is 5.32 Å². The molecule has 1 N–H and O–H groups in total. The number of hydrogen-bond donors (Lipinski definition) is 1. The van der Waals surface area contributed by atoms with Crippen LogP contribution in [0, 0.1) is 0 Å². The van der Waals surface area contributed by atoms with E-state index in [4.69, 9.17) is 0 Å². The van der Waals surface area contributed by atoms with Crippen molar-refractivity contribution in [1.82, 2.24) is 10.2 Å². The van der Waals surface area contributed by atoms with Gasteiger partial charge in [0.2, 0.25) is 5.91 Å². The highest BCUT2D eigenvalue weighted by Crippen LogP contribution is 2.02. The van der Waals surface area contributed by atoms with Gasteiger partial charge in [0.15, 0.2) is 0 Å². The number of imide groups is 1. The Morgan fingerprint density at radius 2 is 2.21 bits per heavy atom. The second-order valence-electron chi connectivity index (χ2n) is 3.32. The molecule has 0 fully saturated rings. The average molecular weight is 196 g/mol. The topological polar surface area (TPSA) is 49.4 Å². The summed E-state index contributed by atoms with van der Waals surface area (Å²) in [7, 11) is 0. The molecule has 1 aliphatic rings. The molecule has 14 heavy (non-hydrogen) atoms. The van der Waals surface area contributed by atoms with Crippen molar-refractivity contribution in [2.75, 3.05) is 13.1 Å². The first-order valence-electron chi connectivity index (χ1n) is 4.93.